The summed E-state index contributed by atoms with van der Waals surface area (Å²) in [6, 6.07) is 1.75. The van der Waals surface area contributed by atoms with Crippen molar-refractivity contribution in [1.82, 2.24) is 14.7 Å². The maximum Gasteiger partial charge on any atom is 0.205 e. The number of fused-ring (bicyclic) bond motifs is 1. The first-order valence-electron chi connectivity index (χ1n) is 8.58. The number of aliphatic hydroxyl groups is 1. The highest BCUT2D eigenvalue weighted by Crippen LogP contribution is 2.37. The molecule has 0 spiro atoms. The predicted molar refractivity (Wildman–Crippen MR) is 94.3 cm³/mol. The Morgan fingerprint density at radius 2 is 2.04 bits per heavy atom. The topological polar surface area (TPSA) is 76.5 Å². The molecule has 0 radical (unpaired) electrons. The first-order valence-corrected chi connectivity index (χ1v) is 8.58. The van der Waals surface area contributed by atoms with Gasteiger partial charge in [0.25, 0.3) is 0 Å². The van der Waals surface area contributed by atoms with Crippen molar-refractivity contribution in [3.8, 4) is 11.4 Å². The molecule has 7 nitrogen and oxygen atoms in total. The Kier molecular flexibility index (Phi) is 4.16. The maximum absolute atomic E-state index is 15.4. The molecule has 3 aromatic rings. The van der Waals surface area contributed by atoms with Gasteiger partial charge in [-0.1, -0.05) is 5.16 Å². The molecule has 1 fully saturated rings. The molecule has 3 heterocycles. The molecule has 2 atom stereocenters. The summed E-state index contributed by atoms with van der Waals surface area (Å²) in [5.74, 6) is -0.506. The fraction of sp³-hybridized carbons (Fsp3) is 0.444. The zero-order valence-electron chi connectivity index (χ0n) is 14.9. The van der Waals surface area contributed by atoms with Crippen molar-refractivity contribution in [2.75, 3.05) is 18.0 Å². The lowest BCUT2D eigenvalue weighted by molar-refractivity contribution is -0.00549. The summed E-state index contributed by atoms with van der Waals surface area (Å²) in [4.78, 5) is 5.98. The number of anilines is 1. The van der Waals surface area contributed by atoms with Crippen LogP contribution in [0.25, 0.3) is 22.4 Å². The van der Waals surface area contributed by atoms with E-state index in [0.29, 0.717) is 41.1 Å². The molecule has 4 rings (SSSR count). The van der Waals surface area contributed by atoms with Crippen LogP contribution in [-0.2, 0) is 18.4 Å². The molecule has 0 aliphatic carbocycles. The average Bonchev–Trinajstić information content (AvgIpc) is 3.19. The van der Waals surface area contributed by atoms with Crippen LogP contribution < -0.4 is 4.90 Å². The second-order valence-electron chi connectivity index (χ2n) is 6.82. The highest BCUT2D eigenvalue weighted by Gasteiger charge is 2.29. The summed E-state index contributed by atoms with van der Waals surface area (Å²) in [6.45, 7) is 4.71. The van der Waals surface area contributed by atoms with Crippen LogP contribution in [0.1, 0.15) is 19.4 Å². The molecule has 1 saturated heterocycles. The normalized spacial score (nSPS) is 20.9. The Balaban J connectivity index is 1.88. The van der Waals surface area contributed by atoms with Crippen molar-refractivity contribution < 1.29 is 18.8 Å². The van der Waals surface area contributed by atoms with Crippen LogP contribution in [-0.4, -0.2) is 45.1 Å². The zero-order chi connectivity index (χ0) is 18.4. The van der Waals surface area contributed by atoms with Gasteiger partial charge in [0.1, 0.15) is 5.69 Å². The molecule has 2 aromatic heterocycles. The van der Waals surface area contributed by atoms with Crippen LogP contribution in [0, 0.1) is 5.82 Å². The number of hydrogen-bond donors (Lipinski definition) is 1. The van der Waals surface area contributed by atoms with Gasteiger partial charge in [0.2, 0.25) is 5.58 Å². The molecule has 1 N–H and O–H groups in total. The van der Waals surface area contributed by atoms with E-state index in [9.17, 15) is 5.11 Å². The summed E-state index contributed by atoms with van der Waals surface area (Å²) < 4.78 is 28.2. The third-order valence-electron chi connectivity index (χ3n) is 4.72. The largest absolute Gasteiger partial charge is 0.392 e. The molecule has 1 aromatic carbocycles. The standard InChI is InChI=1S/C18H21FN4O3/c1-10-6-23(7-11(2)25-10)17-12(8-24)4-13-16(14-5-20-9-22(14)3)21-26-18(13)15(17)19/h4-5,9-11,24H,6-8H2,1-3H3. The van der Waals surface area contributed by atoms with E-state index in [1.54, 1.807) is 23.2 Å². The van der Waals surface area contributed by atoms with Crippen LogP contribution in [0.15, 0.2) is 23.1 Å². The van der Waals surface area contributed by atoms with Crippen molar-refractivity contribution in [1.29, 1.82) is 0 Å². The minimum Gasteiger partial charge on any atom is -0.392 e. The summed E-state index contributed by atoms with van der Waals surface area (Å²) >= 11 is 0. The SMILES string of the molecule is CC1CN(c2c(CO)cc3c(-c4cncn4C)noc3c2F)CC(C)O1. The number of ether oxygens (including phenoxy) is 1. The van der Waals surface area contributed by atoms with Crippen LogP contribution in [0.2, 0.25) is 0 Å². The number of rotatable bonds is 3. The van der Waals surface area contributed by atoms with Crippen LogP contribution in [0.3, 0.4) is 0 Å². The molecule has 0 saturated carbocycles. The molecule has 0 amide bonds. The number of aromatic nitrogens is 3. The third kappa shape index (κ3) is 2.65. The van der Waals surface area contributed by atoms with Crippen molar-refractivity contribution in [2.45, 2.75) is 32.7 Å². The van der Waals surface area contributed by atoms with Gasteiger partial charge in [0.05, 0.1) is 48.1 Å². The molecule has 2 unspecified atom stereocenters. The molecule has 26 heavy (non-hydrogen) atoms. The maximum atomic E-state index is 15.4. The van der Waals surface area contributed by atoms with Gasteiger partial charge in [-0.15, -0.1) is 0 Å². The van der Waals surface area contributed by atoms with Crippen molar-refractivity contribution in [3.05, 3.63) is 30.0 Å². The zero-order valence-corrected chi connectivity index (χ0v) is 14.9. The minimum atomic E-state index is -0.506. The van der Waals surface area contributed by atoms with Gasteiger partial charge < -0.3 is 23.8 Å². The second kappa shape index (κ2) is 6.37. The number of nitrogens with zero attached hydrogens (tertiary/aromatic N) is 4. The van der Waals surface area contributed by atoms with E-state index in [4.69, 9.17) is 9.26 Å². The smallest absolute Gasteiger partial charge is 0.205 e. The average molecular weight is 360 g/mol. The van der Waals surface area contributed by atoms with Gasteiger partial charge in [-0.25, -0.2) is 9.37 Å². The summed E-state index contributed by atoms with van der Waals surface area (Å²) in [5, 5.41) is 14.5. The lowest BCUT2D eigenvalue weighted by Crippen LogP contribution is -2.46. The van der Waals surface area contributed by atoms with E-state index >= 15 is 4.39 Å². The number of imidazole rings is 1. The Bertz CT molecular complexity index is 941. The van der Waals surface area contributed by atoms with Crippen LogP contribution in [0.5, 0.6) is 0 Å². The number of benzene rings is 1. The first-order chi connectivity index (χ1) is 12.5. The number of aryl methyl sites for hydroxylation is 1. The molecule has 138 valence electrons. The molecular formula is C18H21FN4O3. The van der Waals surface area contributed by atoms with Gasteiger partial charge >= 0.3 is 0 Å². The molecular weight excluding hydrogens is 339 g/mol. The second-order valence-corrected chi connectivity index (χ2v) is 6.82. The number of morpholine rings is 1. The monoisotopic (exact) mass is 360 g/mol. The van der Waals surface area contributed by atoms with Crippen molar-refractivity contribution >= 4 is 16.7 Å². The predicted octanol–water partition coefficient (Wildman–Crippen LogP) is 2.47. The summed E-state index contributed by atoms with van der Waals surface area (Å²) in [6.07, 6.45) is 3.23. The Morgan fingerprint density at radius 3 is 2.65 bits per heavy atom. The van der Waals surface area contributed by atoms with E-state index in [1.807, 2.05) is 25.8 Å². The number of halogens is 1. The van der Waals surface area contributed by atoms with E-state index in [0.717, 1.165) is 0 Å². The van der Waals surface area contributed by atoms with Gasteiger partial charge in [-0.05, 0) is 19.9 Å². The van der Waals surface area contributed by atoms with Gasteiger partial charge in [-0.3, -0.25) is 0 Å². The molecule has 8 heteroatoms. The number of aliphatic hydroxyl groups excluding tert-OH is 1. The fourth-order valence-corrected chi connectivity index (χ4v) is 3.67. The highest BCUT2D eigenvalue weighted by atomic mass is 19.1. The van der Waals surface area contributed by atoms with Gasteiger partial charge in [0.15, 0.2) is 5.82 Å². The Labute approximate surface area is 150 Å². The molecule has 1 aliphatic heterocycles. The van der Waals surface area contributed by atoms with Crippen molar-refractivity contribution in [3.63, 3.8) is 0 Å². The van der Waals surface area contributed by atoms with E-state index in [-0.39, 0.29) is 24.4 Å². The summed E-state index contributed by atoms with van der Waals surface area (Å²) in [5.41, 5.74) is 2.16. The Morgan fingerprint density at radius 1 is 1.31 bits per heavy atom. The summed E-state index contributed by atoms with van der Waals surface area (Å²) in [7, 11) is 1.83. The number of hydrogen-bond acceptors (Lipinski definition) is 6. The minimum absolute atomic E-state index is 0.0277. The fourth-order valence-electron chi connectivity index (χ4n) is 3.67. The third-order valence-corrected chi connectivity index (χ3v) is 4.72. The quantitative estimate of drug-likeness (QED) is 0.773. The van der Waals surface area contributed by atoms with E-state index in [2.05, 4.69) is 10.1 Å². The van der Waals surface area contributed by atoms with Gasteiger partial charge in [-0.2, -0.15) is 0 Å². The Hall–Kier alpha value is -2.45. The van der Waals surface area contributed by atoms with Crippen molar-refractivity contribution in [2.24, 2.45) is 7.05 Å². The first kappa shape index (κ1) is 17.0. The van der Waals surface area contributed by atoms with E-state index in [1.165, 1.54) is 0 Å². The lowest BCUT2D eigenvalue weighted by atomic mass is 10.0. The highest BCUT2D eigenvalue weighted by molar-refractivity contribution is 5.94. The lowest BCUT2D eigenvalue weighted by Gasteiger charge is -2.37. The van der Waals surface area contributed by atoms with Crippen LogP contribution in [0.4, 0.5) is 10.1 Å². The van der Waals surface area contributed by atoms with Crippen LogP contribution >= 0.6 is 0 Å². The molecule has 1 aliphatic rings. The molecule has 0 bridgehead atoms. The van der Waals surface area contributed by atoms with Gasteiger partial charge in [0, 0.05) is 25.7 Å². The van der Waals surface area contributed by atoms with E-state index < -0.39 is 5.82 Å².